The summed E-state index contributed by atoms with van der Waals surface area (Å²) in [6, 6.07) is 20.5. The van der Waals surface area contributed by atoms with Crippen molar-refractivity contribution in [2.24, 2.45) is 0 Å². The van der Waals surface area contributed by atoms with E-state index in [4.69, 9.17) is 0 Å². The van der Waals surface area contributed by atoms with Crippen molar-refractivity contribution in [3.05, 3.63) is 106 Å². The number of fused-ring (bicyclic) bond motifs is 1. The molecule has 232 valence electrons. The van der Waals surface area contributed by atoms with Gasteiger partial charge in [0, 0.05) is 52.7 Å². The minimum absolute atomic E-state index is 0.121. The highest BCUT2D eigenvalue weighted by atomic mass is 16.2. The van der Waals surface area contributed by atoms with E-state index in [1.165, 1.54) is 0 Å². The molecule has 4 aromatic rings. The average molecular weight is 605 g/mol. The van der Waals surface area contributed by atoms with Gasteiger partial charge in [-0.25, -0.2) is 0 Å². The number of aryl methyl sites for hydroxylation is 2. The second kappa shape index (κ2) is 13.7. The molecule has 0 fully saturated rings. The molecule has 0 saturated heterocycles. The van der Waals surface area contributed by atoms with Gasteiger partial charge in [-0.05, 0) is 87.5 Å². The number of amides is 3. The van der Waals surface area contributed by atoms with Gasteiger partial charge in [0.25, 0.3) is 17.7 Å². The van der Waals surface area contributed by atoms with Gasteiger partial charge in [-0.1, -0.05) is 44.2 Å². The molecule has 5 N–H and O–H groups in total. The Hall–Kier alpha value is -5.15. The number of nitrogens with zero attached hydrogens (tertiary/aromatic N) is 1. The Balaban J connectivity index is 1.32. The van der Waals surface area contributed by atoms with E-state index in [1.54, 1.807) is 12.1 Å². The lowest BCUT2D eigenvalue weighted by atomic mass is 10.0. The Kier molecular flexibility index (Phi) is 9.49. The second-order valence-corrected chi connectivity index (χ2v) is 11.2. The fraction of sp³-hybridized carbons (Fsp3) is 0.250. The van der Waals surface area contributed by atoms with Crippen LogP contribution in [0.3, 0.4) is 0 Å². The number of hydrogen-bond acceptors (Lipinski definition) is 5. The lowest BCUT2D eigenvalue weighted by Gasteiger charge is -2.18. The molecule has 9 heteroatoms. The largest absolute Gasteiger partial charge is 0.358 e. The van der Waals surface area contributed by atoms with E-state index in [1.807, 2.05) is 81.4 Å². The summed E-state index contributed by atoms with van der Waals surface area (Å²) in [5, 5.41) is 12.4. The van der Waals surface area contributed by atoms with Crippen LogP contribution in [0.2, 0.25) is 0 Å². The zero-order valence-corrected chi connectivity index (χ0v) is 26.4. The number of carbonyl (C=O) groups is 3. The number of hydrogen-bond donors (Lipinski definition) is 5. The predicted octanol–water partition coefficient (Wildman–Crippen LogP) is 6.50. The first-order valence-electron chi connectivity index (χ1n) is 15.3. The number of carbonyl (C=O) groups excluding carboxylic acids is 3. The summed E-state index contributed by atoms with van der Waals surface area (Å²) in [4.78, 5) is 44.3. The number of H-pyrrole nitrogens is 1. The molecule has 0 aliphatic carbocycles. The molecule has 1 aliphatic heterocycles. The van der Waals surface area contributed by atoms with E-state index >= 15 is 0 Å². The molecule has 2 heterocycles. The summed E-state index contributed by atoms with van der Waals surface area (Å²) in [6.07, 6.45) is 1.81. The molecule has 0 atom stereocenters. The summed E-state index contributed by atoms with van der Waals surface area (Å²) in [5.41, 5.74) is 8.78. The van der Waals surface area contributed by atoms with Gasteiger partial charge in [-0.3, -0.25) is 14.4 Å². The monoisotopic (exact) mass is 604 g/mol. The van der Waals surface area contributed by atoms with E-state index in [2.05, 4.69) is 45.0 Å². The average Bonchev–Trinajstić information content (AvgIpc) is 3.50. The molecule has 3 aromatic carbocycles. The summed E-state index contributed by atoms with van der Waals surface area (Å²) in [6.45, 7) is 13.2. The highest BCUT2D eigenvalue weighted by molar-refractivity contribution is 6.35. The zero-order chi connectivity index (χ0) is 32.1. The van der Waals surface area contributed by atoms with Crippen LogP contribution in [0.15, 0.2) is 66.7 Å². The van der Waals surface area contributed by atoms with E-state index < -0.39 is 0 Å². The van der Waals surface area contributed by atoms with Gasteiger partial charge < -0.3 is 31.2 Å². The number of likely N-dealkylation sites (N-methyl/N-ethyl adjacent to an activating group) is 1. The summed E-state index contributed by atoms with van der Waals surface area (Å²) in [5.74, 6) is -0.509. The Morgan fingerprint density at radius 3 is 2.36 bits per heavy atom. The fourth-order valence-electron chi connectivity index (χ4n) is 5.56. The third kappa shape index (κ3) is 6.99. The molecule has 1 aliphatic rings. The summed E-state index contributed by atoms with van der Waals surface area (Å²) >= 11 is 0. The van der Waals surface area contributed by atoms with Crippen LogP contribution >= 0.6 is 0 Å². The molecular formula is C36H40N6O3. The van der Waals surface area contributed by atoms with Crippen molar-refractivity contribution in [3.8, 4) is 0 Å². The fourth-order valence-corrected chi connectivity index (χ4v) is 5.56. The Labute approximate surface area is 264 Å². The number of aromatic nitrogens is 1. The van der Waals surface area contributed by atoms with E-state index in [0.29, 0.717) is 34.6 Å². The topological polar surface area (TPSA) is 118 Å². The van der Waals surface area contributed by atoms with Crippen LogP contribution in [0.25, 0.3) is 11.6 Å². The van der Waals surface area contributed by atoms with Crippen molar-refractivity contribution in [2.45, 2.75) is 34.6 Å². The number of benzene rings is 3. The van der Waals surface area contributed by atoms with Crippen LogP contribution in [0.1, 0.15) is 62.6 Å². The Morgan fingerprint density at radius 2 is 1.62 bits per heavy atom. The maximum absolute atomic E-state index is 13.1. The van der Waals surface area contributed by atoms with Crippen molar-refractivity contribution in [1.29, 1.82) is 0 Å². The highest BCUT2D eigenvalue weighted by Crippen LogP contribution is 2.37. The molecule has 0 radical (unpaired) electrons. The van der Waals surface area contributed by atoms with Crippen molar-refractivity contribution >= 4 is 52.1 Å². The van der Waals surface area contributed by atoms with Crippen LogP contribution < -0.4 is 21.3 Å². The molecule has 3 amide bonds. The quantitative estimate of drug-likeness (QED) is 0.125. The van der Waals surface area contributed by atoms with Gasteiger partial charge in [0.05, 0.1) is 16.8 Å². The van der Waals surface area contributed by atoms with Gasteiger partial charge >= 0.3 is 0 Å². The van der Waals surface area contributed by atoms with Crippen molar-refractivity contribution in [3.63, 3.8) is 0 Å². The third-order valence-electron chi connectivity index (χ3n) is 8.21. The van der Waals surface area contributed by atoms with Crippen LogP contribution in [0, 0.1) is 20.8 Å². The lowest BCUT2D eigenvalue weighted by Crippen LogP contribution is -2.35. The van der Waals surface area contributed by atoms with E-state index in [-0.39, 0.29) is 17.7 Å². The molecule has 0 spiro atoms. The molecule has 0 bridgehead atoms. The predicted molar refractivity (Wildman–Crippen MR) is 182 cm³/mol. The maximum Gasteiger partial charge on any atom is 0.256 e. The SMILES string of the molecule is CCN(CC)CCNC(=O)c1c(C)[nH]c(C=C2C(=O)Nc3cc(Nc4cc(NC(=O)c5ccccc5)ccc4C)ccc32)c1C. The first-order valence-corrected chi connectivity index (χ1v) is 15.3. The summed E-state index contributed by atoms with van der Waals surface area (Å²) in [7, 11) is 0. The van der Waals surface area contributed by atoms with Crippen molar-refractivity contribution < 1.29 is 14.4 Å². The normalized spacial score (nSPS) is 13.1. The molecule has 5 rings (SSSR count). The number of rotatable bonds is 11. The Morgan fingerprint density at radius 1 is 0.889 bits per heavy atom. The van der Waals surface area contributed by atoms with Crippen LogP contribution in [-0.4, -0.2) is 53.8 Å². The summed E-state index contributed by atoms with van der Waals surface area (Å²) < 4.78 is 0. The van der Waals surface area contributed by atoms with Crippen molar-refractivity contribution in [1.82, 2.24) is 15.2 Å². The molecule has 1 aromatic heterocycles. The highest BCUT2D eigenvalue weighted by Gasteiger charge is 2.26. The molecular weight excluding hydrogens is 564 g/mol. The zero-order valence-electron chi connectivity index (χ0n) is 26.4. The Bertz CT molecular complexity index is 1770. The molecule has 0 saturated carbocycles. The van der Waals surface area contributed by atoms with Gasteiger partial charge in [0.1, 0.15) is 0 Å². The smallest absolute Gasteiger partial charge is 0.256 e. The van der Waals surface area contributed by atoms with Gasteiger partial charge in [-0.15, -0.1) is 0 Å². The van der Waals surface area contributed by atoms with E-state index in [0.717, 1.165) is 59.1 Å². The second-order valence-electron chi connectivity index (χ2n) is 11.2. The van der Waals surface area contributed by atoms with Crippen molar-refractivity contribution in [2.75, 3.05) is 42.1 Å². The lowest BCUT2D eigenvalue weighted by molar-refractivity contribution is -0.110. The molecule has 0 unspecified atom stereocenters. The standard InChI is InChI=1S/C36H40N6O3/c1-6-42(7-2)18-17-37-36(45)33-23(4)31(38-24(33)5)21-29-28-16-15-26(20-32(28)41-35(29)44)39-30-19-27(14-13-22(30)3)40-34(43)25-11-9-8-10-12-25/h8-16,19-21,38-39H,6-7,17-18H2,1-5H3,(H,37,45)(H,40,43)(H,41,44). The third-order valence-corrected chi connectivity index (χ3v) is 8.21. The minimum Gasteiger partial charge on any atom is -0.358 e. The van der Waals surface area contributed by atoms with Crippen LogP contribution in [0.4, 0.5) is 22.7 Å². The maximum atomic E-state index is 13.1. The number of nitrogens with one attached hydrogen (secondary N) is 5. The molecule has 45 heavy (non-hydrogen) atoms. The van der Waals surface area contributed by atoms with E-state index in [9.17, 15) is 14.4 Å². The van der Waals surface area contributed by atoms with Crippen LogP contribution in [-0.2, 0) is 4.79 Å². The first kappa shape index (κ1) is 31.3. The van der Waals surface area contributed by atoms with Gasteiger partial charge in [0.15, 0.2) is 0 Å². The first-order chi connectivity index (χ1) is 21.7. The van der Waals surface area contributed by atoms with Crippen LogP contribution in [0.5, 0.6) is 0 Å². The number of aromatic amines is 1. The van der Waals surface area contributed by atoms with Gasteiger partial charge in [0.2, 0.25) is 0 Å². The van der Waals surface area contributed by atoms with Gasteiger partial charge in [-0.2, -0.15) is 0 Å². The minimum atomic E-state index is -0.208. The number of anilines is 4. The molecule has 9 nitrogen and oxygen atoms in total.